The van der Waals surface area contributed by atoms with E-state index < -0.39 is 42.3 Å². The monoisotopic (exact) mass is 500 g/mol. The van der Waals surface area contributed by atoms with Gasteiger partial charge in [0.15, 0.2) is 23.4 Å². The Kier molecular flexibility index (Phi) is 7.08. The Labute approximate surface area is 205 Å². The molecule has 2 aromatic carbocycles. The first-order valence-corrected chi connectivity index (χ1v) is 10.9. The predicted molar refractivity (Wildman–Crippen MR) is 124 cm³/mol. The van der Waals surface area contributed by atoms with Crippen LogP contribution in [0.2, 0.25) is 0 Å². The summed E-state index contributed by atoms with van der Waals surface area (Å²) in [5, 5.41) is 39.6. The summed E-state index contributed by atoms with van der Waals surface area (Å²) < 4.78 is 30.8. The van der Waals surface area contributed by atoms with Gasteiger partial charge in [0.1, 0.15) is 23.7 Å². The number of halogens is 1. The van der Waals surface area contributed by atoms with Crippen molar-refractivity contribution in [1.29, 1.82) is 0 Å². The number of benzene rings is 2. The van der Waals surface area contributed by atoms with Crippen LogP contribution in [0, 0.1) is 5.82 Å². The fraction of sp³-hybridized carbons (Fsp3) is 0.292. The number of nitrogens with zero attached hydrogens (tertiary/aromatic N) is 4. The lowest BCUT2D eigenvalue weighted by Crippen LogP contribution is -2.47. The molecule has 3 aromatic rings. The van der Waals surface area contributed by atoms with E-state index in [1.165, 1.54) is 62.5 Å². The molecule has 0 radical (unpaired) electrons. The summed E-state index contributed by atoms with van der Waals surface area (Å²) in [6.45, 7) is -0.613. The Morgan fingerprint density at radius 2 is 1.94 bits per heavy atom. The minimum atomic E-state index is -1.44. The smallest absolute Gasteiger partial charge is 0.260 e. The van der Waals surface area contributed by atoms with Crippen LogP contribution in [-0.4, -0.2) is 81.2 Å². The Morgan fingerprint density at radius 1 is 1.19 bits per heavy atom. The molecule has 3 atom stereocenters. The highest BCUT2D eigenvalue weighted by Crippen LogP contribution is 2.35. The van der Waals surface area contributed by atoms with Crippen LogP contribution in [-0.2, 0) is 4.74 Å². The van der Waals surface area contributed by atoms with Gasteiger partial charge >= 0.3 is 0 Å². The molecule has 0 spiro atoms. The number of ether oxygens (including phenoxy) is 3. The van der Waals surface area contributed by atoms with Gasteiger partial charge in [-0.3, -0.25) is 9.69 Å². The van der Waals surface area contributed by atoms with Gasteiger partial charge in [-0.25, -0.2) is 9.07 Å². The van der Waals surface area contributed by atoms with Gasteiger partial charge in [-0.05, 0) is 30.3 Å². The topological polar surface area (TPSA) is 139 Å². The number of carbonyl (C=O) groups excluding carboxylic acids is 1. The lowest BCUT2D eigenvalue weighted by atomic mass is 10.0. The van der Waals surface area contributed by atoms with Crippen molar-refractivity contribution in [3.63, 3.8) is 0 Å². The molecule has 0 bridgehead atoms. The summed E-state index contributed by atoms with van der Waals surface area (Å²) in [6, 6.07) is 8.99. The molecule has 12 heteroatoms. The van der Waals surface area contributed by atoms with E-state index in [1.807, 2.05) is 0 Å². The molecule has 2 heterocycles. The van der Waals surface area contributed by atoms with Crippen molar-refractivity contribution in [2.24, 2.45) is 0 Å². The van der Waals surface area contributed by atoms with E-state index in [-0.39, 0.29) is 17.1 Å². The molecule has 0 aliphatic carbocycles. The van der Waals surface area contributed by atoms with Crippen molar-refractivity contribution in [2.45, 2.75) is 18.2 Å². The number of hydrogen-bond donors (Lipinski definition) is 3. The molecule has 1 aliphatic rings. The zero-order chi connectivity index (χ0) is 26.0. The van der Waals surface area contributed by atoms with Gasteiger partial charge in [-0.15, -0.1) is 5.10 Å². The number of hydrogen-bond acceptors (Lipinski definition) is 9. The number of methoxy groups -OCH3 is 2. The van der Waals surface area contributed by atoms with Gasteiger partial charge in [0, 0.05) is 18.2 Å². The number of aliphatic hydroxyl groups excluding tert-OH is 3. The summed E-state index contributed by atoms with van der Waals surface area (Å²) >= 11 is 0. The number of aromatic nitrogens is 3. The fourth-order valence-electron chi connectivity index (χ4n) is 3.89. The van der Waals surface area contributed by atoms with Gasteiger partial charge in [-0.2, -0.15) is 0 Å². The third-order valence-electron chi connectivity index (χ3n) is 5.80. The largest absolute Gasteiger partial charge is 0.505 e. The van der Waals surface area contributed by atoms with Crippen LogP contribution in [0.3, 0.4) is 0 Å². The molecule has 11 nitrogen and oxygen atoms in total. The predicted octanol–water partition coefficient (Wildman–Crippen LogP) is 1.89. The molecule has 0 fully saturated rings. The maximum absolute atomic E-state index is 13.6. The average Bonchev–Trinajstić information content (AvgIpc) is 3.37. The van der Waals surface area contributed by atoms with E-state index in [9.17, 15) is 24.5 Å². The SMILES string of the molecule is COc1ccc(C(=O)N(C)C2=C(O)C(n3cc(-c4cccc(F)c4)nn3)[C@@H](O)C(CO)O2)cc1OC. The quantitative estimate of drug-likeness (QED) is 0.444. The minimum absolute atomic E-state index is 0.205. The van der Waals surface area contributed by atoms with Crippen molar-refractivity contribution in [2.75, 3.05) is 27.9 Å². The van der Waals surface area contributed by atoms with Crippen LogP contribution in [0.1, 0.15) is 16.4 Å². The van der Waals surface area contributed by atoms with Crippen LogP contribution >= 0.6 is 0 Å². The highest BCUT2D eigenvalue weighted by molar-refractivity contribution is 5.95. The minimum Gasteiger partial charge on any atom is -0.505 e. The molecule has 1 amide bonds. The van der Waals surface area contributed by atoms with Gasteiger partial charge in [0.25, 0.3) is 5.91 Å². The van der Waals surface area contributed by atoms with Gasteiger partial charge < -0.3 is 29.5 Å². The highest BCUT2D eigenvalue weighted by Gasteiger charge is 2.43. The number of amides is 1. The van der Waals surface area contributed by atoms with Crippen LogP contribution in [0.15, 0.2) is 60.3 Å². The number of rotatable bonds is 7. The highest BCUT2D eigenvalue weighted by atomic mass is 19.1. The maximum atomic E-state index is 13.6. The molecule has 36 heavy (non-hydrogen) atoms. The number of carbonyl (C=O) groups is 1. The third-order valence-corrected chi connectivity index (χ3v) is 5.80. The Morgan fingerprint density at radius 3 is 2.61 bits per heavy atom. The van der Waals surface area contributed by atoms with Gasteiger partial charge in [0.05, 0.1) is 27.0 Å². The molecule has 3 N–H and O–H groups in total. The molecular formula is C24H25FN4O7. The Bertz CT molecular complexity index is 1290. The molecule has 1 aromatic heterocycles. The first-order valence-electron chi connectivity index (χ1n) is 10.9. The van der Waals surface area contributed by atoms with Crippen LogP contribution < -0.4 is 9.47 Å². The summed E-state index contributed by atoms with van der Waals surface area (Å²) in [4.78, 5) is 14.3. The van der Waals surface area contributed by atoms with Crippen LogP contribution in [0.5, 0.6) is 11.5 Å². The maximum Gasteiger partial charge on any atom is 0.260 e. The second-order valence-electron chi connectivity index (χ2n) is 7.99. The molecule has 190 valence electrons. The molecular weight excluding hydrogens is 475 g/mol. The second-order valence-corrected chi connectivity index (χ2v) is 7.99. The van der Waals surface area contributed by atoms with E-state index in [0.29, 0.717) is 17.1 Å². The first kappa shape index (κ1) is 24.9. The molecule has 0 saturated carbocycles. The van der Waals surface area contributed by atoms with E-state index >= 15 is 0 Å². The third kappa shape index (κ3) is 4.55. The van der Waals surface area contributed by atoms with Crippen molar-refractivity contribution in [1.82, 2.24) is 19.9 Å². The van der Waals surface area contributed by atoms with E-state index in [1.54, 1.807) is 12.1 Å². The summed E-state index contributed by atoms with van der Waals surface area (Å²) in [5.41, 5.74) is 0.931. The second kappa shape index (κ2) is 10.2. The van der Waals surface area contributed by atoms with E-state index in [2.05, 4.69) is 10.3 Å². The number of aliphatic hydroxyl groups is 3. The Hall–Kier alpha value is -4.16. The zero-order valence-corrected chi connectivity index (χ0v) is 19.7. The van der Waals surface area contributed by atoms with E-state index in [0.717, 1.165) is 4.90 Å². The molecule has 1 aliphatic heterocycles. The summed E-state index contributed by atoms with van der Waals surface area (Å²) in [5.74, 6) is -1.08. The fourth-order valence-corrected chi connectivity index (χ4v) is 3.89. The standard InChI is InChI=1S/C24H25FN4O7/c1-28(23(33)14-7-8-17(34-2)18(10-14)35-3)24-22(32)20(21(31)19(12-30)36-24)29-11-16(26-27-29)13-5-4-6-15(25)9-13/h4-11,19-21,30-32H,12H2,1-3H3/t19?,20?,21-/m0/s1. The van der Waals surface area contributed by atoms with Gasteiger partial charge in [0.2, 0.25) is 5.88 Å². The lowest BCUT2D eigenvalue weighted by molar-refractivity contribution is -0.0982. The summed E-state index contributed by atoms with van der Waals surface area (Å²) in [6.07, 6.45) is -1.22. The van der Waals surface area contributed by atoms with Crippen LogP contribution in [0.25, 0.3) is 11.3 Å². The van der Waals surface area contributed by atoms with Crippen molar-refractivity contribution < 1.29 is 38.7 Å². The molecule has 0 saturated heterocycles. The summed E-state index contributed by atoms with van der Waals surface area (Å²) in [7, 11) is 4.27. The Balaban J connectivity index is 1.70. The van der Waals surface area contributed by atoms with Crippen molar-refractivity contribution in [3.8, 4) is 22.8 Å². The first-order chi connectivity index (χ1) is 17.3. The molecule has 4 rings (SSSR count). The van der Waals surface area contributed by atoms with Crippen LogP contribution in [0.4, 0.5) is 4.39 Å². The van der Waals surface area contributed by atoms with Crippen molar-refractivity contribution in [3.05, 3.63) is 71.7 Å². The molecule has 2 unspecified atom stereocenters. The van der Waals surface area contributed by atoms with E-state index in [4.69, 9.17) is 14.2 Å². The average molecular weight is 500 g/mol. The normalized spacial score (nSPS) is 19.6. The van der Waals surface area contributed by atoms with Crippen molar-refractivity contribution >= 4 is 5.91 Å². The lowest BCUT2D eigenvalue weighted by Gasteiger charge is -2.37. The van der Waals surface area contributed by atoms with Gasteiger partial charge in [-0.1, -0.05) is 17.3 Å². The zero-order valence-electron chi connectivity index (χ0n) is 19.7.